The van der Waals surface area contributed by atoms with Crippen LogP contribution in [0.5, 0.6) is 0 Å². The van der Waals surface area contributed by atoms with Gasteiger partial charge in [-0.1, -0.05) is 91.0 Å². The van der Waals surface area contributed by atoms with Crippen LogP contribution >= 0.6 is 0 Å². The van der Waals surface area contributed by atoms with Crippen molar-refractivity contribution in [2.75, 3.05) is 13.1 Å². The van der Waals surface area contributed by atoms with E-state index in [9.17, 15) is 13.6 Å². The topological polar surface area (TPSA) is 48.0 Å². The van der Waals surface area contributed by atoms with Crippen molar-refractivity contribution in [2.24, 2.45) is 11.8 Å². The van der Waals surface area contributed by atoms with E-state index in [0.29, 0.717) is 58.6 Å². The second-order valence-corrected chi connectivity index (χ2v) is 11.7. The lowest BCUT2D eigenvalue weighted by Gasteiger charge is -2.44. The van der Waals surface area contributed by atoms with Crippen LogP contribution in [0.25, 0.3) is 0 Å². The maximum absolute atomic E-state index is 13.9. The Bertz CT molecular complexity index is 1180. The number of hydrogen-bond donors (Lipinski definition) is 0. The first-order valence-electron chi connectivity index (χ1n) is 15.0. The molecule has 0 aromatic heterocycles. The second-order valence-electron chi connectivity index (χ2n) is 11.7. The van der Waals surface area contributed by atoms with Gasteiger partial charge in [-0.2, -0.15) is 0 Å². The third-order valence-corrected chi connectivity index (χ3v) is 8.54. The lowest BCUT2D eigenvalue weighted by atomic mass is 9.78. The number of likely N-dealkylation sites (tertiary alicyclic amines) is 1. The van der Waals surface area contributed by atoms with E-state index in [1.807, 2.05) is 95.9 Å². The third-order valence-electron chi connectivity index (χ3n) is 8.54. The fourth-order valence-electron chi connectivity index (χ4n) is 6.07. The van der Waals surface area contributed by atoms with E-state index in [1.165, 1.54) is 0 Å². The third kappa shape index (κ3) is 8.24. The van der Waals surface area contributed by atoms with Gasteiger partial charge in [0, 0.05) is 24.9 Å². The smallest absolute Gasteiger partial charge is 0.248 e. The number of nitrogens with zero attached hydrogens (tertiary/aromatic N) is 1. The molecule has 1 aliphatic carbocycles. The predicted octanol–water partition coefficient (Wildman–Crippen LogP) is 7.05. The zero-order valence-corrected chi connectivity index (χ0v) is 24.2. The van der Waals surface area contributed by atoms with Gasteiger partial charge in [-0.3, -0.25) is 4.79 Å². The minimum atomic E-state index is -2.71. The number of halogens is 2. The highest BCUT2D eigenvalue weighted by Crippen LogP contribution is 2.39. The quantitative estimate of drug-likeness (QED) is 0.245. The van der Waals surface area contributed by atoms with Crippen LogP contribution < -0.4 is 0 Å². The molecule has 1 saturated carbocycles. The van der Waals surface area contributed by atoms with Gasteiger partial charge >= 0.3 is 0 Å². The van der Waals surface area contributed by atoms with E-state index in [-0.39, 0.29) is 11.8 Å². The summed E-state index contributed by atoms with van der Waals surface area (Å²) in [5.41, 5.74) is 3.11. The molecule has 0 spiro atoms. The van der Waals surface area contributed by atoms with Crippen LogP contribution in [0.1, 0.15) is 49.3 Å². The summed E-state index contributed by atoms with van der Waals surface area (Å²) in [4.78, 5) is 15.6. The van der Waals surface area contributed by atoms with Gasteiger partial charge in [0.1, 0.15) is 18.3 Å². The van der Waals surface area contributed by atoms with Crippen LogP contribution in [0, 0.1) is 11.8 Å². The highest BCUT2D eigenvalue weighted by atomic mass is 19.3. The summed E-state index contributed by atoms with van der Waals surface area (Å²) in [5.74, 6) is -3.65. The van der Waals surface area contributed by atoms with Gasteiger partial charge in [0.2, 0.25) is 11.8 Å². The number of alkyl halides is 2. The molecule has 1 aliphatic heterocycles. The molecule has 5 nitrogen and oxygen atoms in total. The summed E-state index contributed by atoms with van der Waals surface area (Å²) in [6.07, 6.45) is 0.408. The Kier molecular flexibility index (Phi) is 10.4. The molecular formula is C35H41F2NO4. The van der Waals surface area contributed by atoms with E-state index >= 15 is 0 Å². The van der Waals surface area contributed by atoms with Crippen LogP contribution in [-0.2, 0) is 38.8 Å². The highest BCUT2D eigenvalue weighted by Gasteiger charge is 2.44. The number of hydrogen-bond acceptors (Lipinski definition) is 4. The molecule has 0 N–H and O–H groups in total. The minimum Gasteiger partial charge on any atom is -0.369 e. The normalized spacial score (nSPS) is 24.8. The van der Waals surface area contributed by atoms with Crippen molar-refractivity contribution in [1.29, 1.82) is 0 Å². The average molecular weight is 578 g/mol. The number of rotatable bonds is 11. The van der Waals surface area contributed by atoms with E-state index < -0.39 is 30.2 Å². The minimum absolute atomic E-state index is 0.00370. The fourth-order valence-corrected chi connectivity index (χ4v) is 6.07. The summed E-state index contributed by atoms with van der Waals surface area (Å²) in [6.45, 7) is 2.86. The van der Waals surface area contributed by atoms with Crippen molar-refractivity contribution < 1.29 is 27.8 Å². The largest absolute Gasteiger partial charge is 0.369 e. The first-order valence-corrected chi connectivity index (χ1v) is 15.0. The van der Waals surface area contributed by atoms with Gasteiger partial charge in [0.05, 0.1) is 19.8 Å². The average Bonchev–Trinajstić information content (AvgIpc) is 3.02. The second kappa shape index (κ2) is 14.4. The molecule has 0 bridgehead atoms. The number of carbonyl (C=O) groups is 1. The van der Waals surface area contributed by atoms with E-state index in [4.69, 9.17) is 14.2 Å². The van der Waals surface area contributed by atoms with E-state index in [2.05, 4.69) is 0 Å². The molecule has 42 heavy (non-hydrogen) atoms. The lowest BCUT2D eigenvalue weighted by Crippen LogP contribution is -2.60. The zero-order chi connectivity index (χ0) is 29.4. The molecule has 2 fully saturated rings. The number of ether oxygens (including phenoxy) is 3. The molecule has 7 heteroatoms. The Morgan fingerprint density at radius 3 is 1.50 bits per heavy atom. The molecular weight excluding hydrogens is 536 g/mol. The standard InChI is InChI=1S/C35H41F2NO4/c1-35(36,37)30-19-17-29(18-20-30)34(39)38-21-31(40-23-26-11-5-2-6-12-26)33(42-25-28-15-9-4-10-16-28)32(22-38)41-24-27-13-7-3-8-14-27/h2-16,29-33H,17-25H2,1H3/t29?,30?,31-,32+,33?. The Morgan fingerprint density at radius 1 is 0.690 bits per heavy atom. The molecule has 1 amide bonds. The van der Waals surface area contributed by atoms with Crippen LogP contribution in [0.4, 0.5) is 8.78 Å². The van der Waals surface area contributed by atoms with Crippen LogP contribution in [0.15, 0.2) is 91.0 Å². The van der Waals surface area contributed by atoms with Crippen molar-refractivity contribution in [1.82, 2.24) is 4.90 Å². The zero-order valence-electron chi connectivity index (χ0n) is 24.2. The Morgan fingerprint density at radius 2 is 1.10 bits per heavy atom. The summed E-state index contributed by atoms with van der Waals surface area (Å²) in [7, 11) is 0. The van der Waals surface area contributed by atoms with Gasteiger partial charge in [0.15, 0.2) is 0 Å². The van der Waals surface area contributed by atoms with Crippen molar-refractivity contribution in [2.45, 2.75) is 76.7 Å². The van der Waals surface area contributed by atoms with Crippen LogP contribution in [0.2, 0.25) is 0 Å². The SMILES string of the molecule is CC(F)(F)C1CCC(C(=O)N2C[C@H](OCc3ccccc3)C(OCc3ccccc3)[C@H](OCc3ccccc3)C2)CC1. The van der Waals surface area contributed by atoms with Gasteiger partial charge < -0.3 is 19.1 Å². The molecule has 1 unspecified atom stereocenters. The summed E-state index contributed by atoms with van der Waals surface area (Å²) >= 11 is 0. The predicted molar refractivity (Wildman–Crippen MR) is 158 cm³/mol. The van der Waals surface area contributed by atoms with E-state index in [0.717, 1.165) is 23.6 Å². The lowest BCUT2D eigenvalue weighted by molar-refractivity contribution is -0.190. The van der Waals surface area contributed by atoms with Gasteiger partial charge in [-0.05, 0) is 49.3 Å². The van der Waals surface area contributed by atoms with Crippen molar-refractivity contribution in [3.63, 3.8) is 0 Å². The van der Waals surface area contributed by atoms with E-state index in [1.54, 1.807) is 0 Å². The Labute approximate surface area is 247 Å². The maximum Gasteiger partial charge on any atom is 0.248 e. The van der Waals surface area contributed by atoms with Gasteiger partial charge in [-0.15, -0.1) is 0 Å². The van der Waals surface area contributed by atoms with Gasteiger partial charge in [0.25, 0.3) is 0 Å². The molecule has 1 heterocycles. The van der Waals surface area contributed by atoms with Crippen molar-refractivity contribution in [3.8, 4) is 0 Å². The molecule has 224 valence electrons. The molecule has 3 aromatic rings. The van der Waals surface area contributed by atoms with Crippen molar-refractivity contribution >= 4 is 5.91 Å². The first kappa shape index (κ1) is 30.3. The summed E-state index contributed by atoms with van der Waals surface area (Å²) in [5, 5.41) is 0. The number of benzene rings is 3. The molecule has 0 radical (unpaired) electrons. The molecule has 1 saturated heterocycles. The van der Waals surface area contributed by atoms with Gasteiger partial charge in [-0.25, -0.2) is 8.78 Å². The maximum atomic E-state index is 13.9. The van der Waals surface area contributed by atoms with Crippen LogP contribution in [0.3, 0.4) is 0 Å². The molecule has 3 atom stereocenters. The Hall–Kier alpha value is -3.13. The molecule has 3 aromatic carbocycles. The molecule has 5 rings (SSSR count). The number of amides is 1. The first-order chi connectivity index (χ1) is 20.4. The number of carbonyl (C=O) groups excluding carboxylic acids is 1. The molecule has 2 aliphatic rings. The summed E-state index contributed by atoms with van der Waals surface area (Å²) < 4.78 is 47.4. The van der Waals surface area contributed by atoms with Crippen LogP contribution in [-0.4, -0.2) is 48.1 Å². The summed E-state index contributed by atoms with van der Waals surface area (Å²) in [6, 6.07) is 29.8. The fraction of sp³-hybridized carbons (Fsp3) is 0.457. The monoisotopic (exact) mass is 577 g/mol. The van der Waals surface area contributed by atoms with Crippen molar-refractivity contribution in [3.05, 3.63) is 108 Å². The number of piperidine rings is 1. The Balaban J connectivity index is 1.34. The highest BCUT2D eigenvalue weighted by molar-refractivity contribution is 5.79.